The van der Waals surface area contributed by atoms with Crippen LogP contribution in [0.1, 0.15) is 24.3 Å². The Hall–Kier alpha value is -2.47. The van der Waals surface area contributed by atoms with Crippen LogP contribution in [0.3, 0.4) is 0 Å². The number of hydrogen-bond acceptors (Lipinski definition) is 5. The van der Waals surface area contributed by atoms with E-state index < -0.39 is 0 Å². The van der Waals surface area contributed by atoms with Crippen molar-refractivity contribution in [1.82, 2.24) is 14.9 Å². The molecule has 1 amide bonds. The molecule has 0 radical (unpaired) electrons. The molecule has 1 aromatic carbocycles. The highest BCUT2D eigenvalue weighted by atomic mass is 16.5. The molecular formula is C18H21N3O3. The molecule has 1 fully saturated rings. The first-order chi connectivity index (χ1) is 11.6. The normalized spacial score (nSPS) is 14.7. The maximum atomic E-state index is 12.5. The van der Waals surface area contributed by atoms with Gasteiger partial charge in [0.25, 0.3) is 5.91 Å². The zero-order chi connectivity index (χ0) is 16.9. The lowest BCUT2D eigenvalue weighted by molar-refractivity contribution is 0.0299. The monoisotopic (exact) mass is 327 g/mol. The molecule has 6 nitrogen and oxygen atoms in total. The number of carbonyl (C=O) groups excluding carboxylic acids is 1. The van der Waals surface area contributed by atoms with Gasteiger partial charge in [0.15, 0.2) is 0 Å². The molecule has 0 saturated carbocycles. The molecule has 2 heterocycles. The molecule has 6 heteroatoms. The minimum absolute atomic E-state index is 0.104. The largest absolute Gasteiger partial charge is 0.491 e. The van der Waals surface area contributed by atoms with Crippen LogP contribution in [0.15, 0.2) is 36.7 Å². The smallest absolute Gasteiger partial charge is 0.274 e. The van der Waals surface area contributed by atoms with Crippen LogP contribution in [0.25, 0.3) is 11.3 Å². The lowest BCUT2D eigenvalue weighted by Crippen LogP contribution is -2.41. The quantitative estimate of drug-likeness (QED) is 0.863. The summed E-state index contributed by atoms with van der Waals surface area (Å²) in [5.74, 6) is 0.703. The van der Waals surface area contributed by atoms with Gasteiger partial charge in [0, 0.05) is 18.7 Å². The Morgan fingerprint density at radius 2 is 1.88 bits per heavy atom. The van der Waals surface area contributed by atoms with Crippen LogP contribution >= 0.6 is 0 Å². The molecule has 1 saturated heterocycles. The fourth-order valence-corrected chi connectivity index (χ4v) is 2.51. The van der Waals surface area contributed by atoms with Crippen molar-refractivity contribution in [3.05, 3.63) is 42.4 Å². The average Bonchev–Trinajstić information content (AvgIpc) is 2.62. The molecule has 2 aromatic rings. The van der Waals surface area contributed by atoms with E-state index in [4.69, 9.17) is 9.47 Å². The number of morpholine rings is 1. The number of ether oxygens (including phenoxy) is 2. The summed E-state index contributed by atoms with van der Waals surface area (Å²) in [7, 11) is 0. The highest BCUT2D eigenvalue weighted by Gasteiger charge is 2.20. The van der Waals surface area contributed by atoms with Crippen LogP contribution in [-0.4, -0.2) is 53.2 Å². The molecule has 0 spiro atoms. The molecule has 24 heavy (non-hydrogen) atoms. The van der Waals surface area contributed by atoms with Crippen molar-refractivity contribution in [1.29, 1.82) is 0 Å². The van der Waals surface area contributed by atoms with Crippen LogP contribution in [0, 0.1) is 0 Å². The van der Waals surface area contributed by atoms with Gasteiger partial charge < -0.3 is 14.4 Å². The molecule has 126 valence electrons. The standard InChI is InChI=1S/C18H21N3O3/c1-13(2)24-15-5-3-14(4-6-15)16-11-19-12-17(20-16)18(22)21-7-9-23-10-8-21/h3-6,11-13H,7-10H2,1-2H3. The number of hydrogen-bond donors (Lipinski definition) is 0. The number of carbonyl (C=O) groups is 1. The zero-order valence-electron chi connectivity index (χ0n) is 13.9. The number of rotatable bonds is 4. The first kappa shape index (κ1) is 16.4. The summed E-state index contributed by atoms with van der Waals surface area (Å²) in [6.07, 6.45) is 3.30. The van der Waals surface area contributed by atoms with Crippen molar-refractivity contribution in [3.63, 3.8) is 0 Å². The van der Waals surface area contributed by atoms with Gasteiger partial charge in [-0.05, 0) is 38.1 Å². The topological polar surface area (TPSA) is 64.5 Å². The van der Waals surface area contributed by atoms with Crippen LogP contribution in [0.4, 0.5) is 0 Å². The molecular weight excluding hydrogens is 306 g/mol. The highest BCUT2D eigenvalue weighted by molar-refractivity contribution is 5.92. The van der Waals surface area contributed by atoms with Crippen molar-refractivity contribution in [2.45, 2.75) is 20.0 Å². The maximum absolute atomic E-state index is 12.5. The van der Waals surface area contributed by atoms with E-state index in [1.54, 1.807) is 11.1 Å². The minimum atomic E-state index is -0.104. The third-order valence-electron chi connectivity index (χ3n) is 3.67. The predicted molar refractivity (Wildman–Crippen MR) is 90.0 cm³/mol. The molecule has 1 aliphatic rings. The van der Waals surface area contributed by atoms with Crippen molar-refractivity contribution < 1.29 is 14.3 Å². The number of amides is 1. The molecule has 3 rings (SSSR count). The van der Waals surface area contributed by atoms with Crippen molar-refractivity contribution >= 4 is 5.91 Å². The highest BCUT2D eigenvalue weighted by Crippen LogP contribution is 2.21. The Kier molecular flexibility index (Phi) is 5.05. The fourth-order valence-electron chi connectivity index (χ4n) is 2.51. The van der Waals surface area contributed by atoms with E-state index >= 15 is 0 Å². The summed E-state index contributed by atoms with van der Waals surface area (Å²) in [5, 5.41) is 0. The number of aromatic nitrogens is 2. The summed E-state index contributed by atoms with van der Waals surface area (Å²) in [4.78, 5) is 22.9. The summed E-state index contributed by atoms with van der Waals surface area (Å²) in [5.41, 5.74) is 1.93. The predicted octanol–water partition coefficient (Wildman–Crippen LogP) is 2.40. The minimum Gasteiger partial charge on any atom is -0.491 e. The Labute approximate surface area is 141 Å². The van der Waals surface area contributed by atoms with Gasteiger partial charge in [0.2, 0.25) is 0 Å². The van der Waals surface area contributed by atoms with E-state index in [1.807, 2.05) is 38.1 Å². The van der Waals surface area contributed by atoms with Gasteiger partial charge in [-0.1, -0.05) is 0 Å². The van der Waals surface area contributed by atoms with Gasteiger partial charge >= 0.3 is 0 Å². The molecule has 0 aliphatic carbocycles. The molecule has 0 bridgehead atoms. The van der Waals surface area contributed by atoms with Crippen molar-refractivity contribution in [3.8, 4) is 17.0 Å². The SMILES string of the molecule is CC(C)Oc1ccc(-c2cncc(C(=O)N3CCOCC3)n2)cc1. The summed E-state index contributed by atoms with van der Waals surface area (Å²) >= 11 is 0. The van der Waals surface area contributed by atoms with Crippen LogP contribution in [-0.2, 0) is 4.74 Å². The van der Waals surface area contributed by atoms with Gasteiger partial charge in [0.1, 0.15) is 11.4 Å². The Morgan fingerprint density at radius 3 is 2.54 bits per heavy atom. The van der Waals surface area contributed by atoms with E-state index in [1.165, 1.54) is 6.20 Å². The average molecular weight is 327 g/mol. The second-order valence-corrected chi connectivity index (χ2v) is 5.89. The van der Waals surface area contributed by atoms with Gasteiger partial charge in [-0.15, -0.1) is 0 Å². The lowest BCUT2D eigenvalue weighted by atomic mass is 10.1. The van der Waals surface area contributed by atoms with Gasteiger partial charge in [0.05, 0.1) is 37.4 Å². The third kappa shape index (κ3) is 3.89. The van der Waals surface area contributed by atoms with Crippen LogP contribution in [0.2, 0.25) is 0 Å². The van der Waals surface area contributed by atoms with Crippen molar-refractivity contribution in [2.24, 2.45) is 0 Å². The van der Waals surface area contributed by atoms with E-state index in [0.29, 0.717) is 37.7 Å². The van der Waals surface area contributed by atoms with Gasteiger partial charge in [-0.2, -0.15) is 0 Å². The molecule has 1 aliphatic heterocycles. The van der Waals surface area contributed by atoms with E-state index in [0.717, 1.165) is 11.3 Å². The Bertz CT molecular complexity index is 695. The Morgan fingerprint density at radius 1 is 1.17 bits per heavy atom. The summed E-state index contributed by atoms with van der Waals surface area (Å²) < 4.78 is 10.9. The van der Waals surface area contributed by atoms with Gasteiger partial charge in [-0.3, -0.25) is 9.78 Å². The second-order valence-electron chi connectivity index (χ2n) is 5.89. The molecule has 0 unspecified atom stereocenters. The van der Waals surface area contributed by atoms with Gasteiger partial charge in [-0.25, -0.2) is 4.98 Å². The number of benzene rings is 1. The fraction of sp³-hybridized carbons (Fsp3) is 0.389. The van der Waals surface area contributed by atoms with Crippen LogP contribution in [0.5, 0.6) is 5.75 Å². The zero-order valence-corrected chi connectivity index (χ0v) is 13.9. The molecule has 0 atom stereocenters. The number of nitrogens with zero attached hydrogens (tertiary/aromatic N) is 3. The van der Waals surface area contributed by atoms with Crippen LogP contribution < -0.4 is 4.74 Å². The van der Waals surface area contributed by atoms with Crippen molar-refractivity contribution in [2.75, 3.05) is 26.3 Å². The molecule has 0 N–H and O–H groups in total. The third-order valence-corrected chi connectivity index (χ3v) is 3.67. The maximum Gasteiger partial charge on any atom is 0.274 e. The molecule has 1 aromatic heterocycles. The second kappa shape index (κ2) is 7.40. The first-order valence-corrected chi connectivity index (χ1v) is 8.09. The van der Waals surface area contributed by atoms with E-state index in [9.17, 15) is 4.79 Å². The summed E-state index contributed by atoms with van der Waals surface area (Å²) in [6.45, 7) is 6.28. The van der Waals surface area contributed by atoms with E-state index in [2.05, 4.69) is 9.97 Å². The Balaban J connectivity index is 1.78. The summed E-state index contributed by atoms with van der Waals surface area (Å²) in [6, 6.07) is 7.64. The lowest BCUT2D eigenvalue weighted by Gasteiger charge is -2.26. The van der Waals surface area contributed by atoms with E-state index in [-0.39, 0.29) is 12.0 Å². The first-order valence-electron chi connectivity index (χ1n) is 8.09.